The van der Waals surface area contributed by atoms with Crippen molar-refractivity contribution in [2.75, 3.05) is 32.8 Å². The highest BCUT2D eigenvalue weighted by Crippen LogP contribution is 2.15. The summed E-state index contributed by atoms with van der Waals surface area (Å²) in [5.74, 6) is 0.568. The van der Waals surface area contributed by atoms with Gasteiger partial charge >= 0.3 is 0 Å². The van der Waals surface area contributed by atoms with Crippen LogP contribution in [0.25, 0.3) is 0 Å². The van der Waals surface area contributed by atoms with E-state index in [1.165, 1.54) is 0 Å². The molecule has 1 aliphatic rings. The molecule has 1 fully saturated rings. The van der Waals surface area contributed by atoms with Gasteiger partial charge in [0.25, 0.3) is 5.91 Å². The number of rotatable bonds is 4. The fourth-order valence-electron chi connectivity index (χ4n) is 1.86. The molecule has 1 atom stereocenters. The molecule has 0 bridgehead atoms. The lowest BCUT2D eigenvalue weighted by atomic mass is 10.2. The third kappa shape index (κ3) is 4.09. The molecule has 1 heterocycles. The Bertz CT molecular complexity index is 424. The molecule has 0 aliphatic carbocycles. The number of hydrogen-bond donors (Lipinski definition) is 1. The molecule has 0 saturated carbocycles. The Hall–Kier alpha value is -1.30. The maximum atomic E-state index is 12.0. The van der Waals surface area contributed by atoms with Crippen molar-refractivity contribution in [2.24, 2.45) is 5.73 Å². The highest BCUT2D eigenvalue weighted by Gasteiger charge is 2.23. The van der Waals surface area contributed by atoms with Gasteiger partial charge in [0.2, 0.25) is 0 Å². The zero-order valence-corrected chi connectivity index (χ0v) is 11.3. The number of amides is 1. The van der Waals surface area contributed by atoms with Crippen molar-refractivity contribution in [3.8, 4) is 5.75 Å². The van der Waals surface area contributed by atoms with Crippen molar-refractivity contribution < 1.29 is 14.3 Å². The number of nitrogens with zero attached hydrogens (tertiary/aromatic N) is 1. The molecule has 104 valence electrons. The number of carbonyl (C=O) groups excluding carboxylic acids is 1. The minimum atomic E-state index is -0.0757. The summed E-state index contributed by atoms with van der Waals surface area (Å²) in [6.45, 7) is 2.06. The number of carbonyl (C=O) groups is 1. The van der Waals surface area contributed by atoms with E-state index in [0.717, 1.165) is 0 Å². The first-order valence-electron chi connectivity index (χ1n) is 6.17. The molecule has 0 unspecified atom stereocenters. The van der Waals surface area contributed by atoms with Crippen LogP contribution in [0.5, 0.6) is 5.75 Å². The maximum absolute atomic E-state index is 12.0. The van der Waals surface area contributed by atoms with Gasteiger partial charge in [-0.2, -0.15) is 0 Å². The molecule has 1 aromatic rings. The standard InChI is InChI=1S/C13H17ClN2O3/c14-10-1-3-11(4-2-10)19-9-13(17)16-5-6-18-12(7-15)8-16/h1-4,12H,5-9,15H2/t12-/m1/s1. The highest BCUT2D eigenvalue weighted by molar-refractivity contribution is 6.30. The summed E-state index contributed by atoms with van der Waals surface area (Å²) >= 11 is 5.77. The molecule has 0 aromatic heterocycles. The van der Waals surface area contributed by atoms with E-state index in [0.29, 0.717) is 37.0 Å². The summed E-state index contributed by atoms with van der Waals surface area (Å²) in [6, 6.07) is 6.91. The molecule has 1 amide bonds. The van der Waals surface area contributed by atoms with Gasteiger partial charge in [-0.15, -0.1) is 0 Å². The van der Waals surface area contributed by atoms with Gasteiger partial charge in [0.05, 0.1) is 12.7 Å². The van der Waals surface area contributed by atoms with Crippen LogP contribution in [0.2, 0.25) is 5.02 Å². The van der Waals surface area contributed by atoms with E-state index in [1.54, 1.807) is 29.2 Å². The third-order valence-corrected chi connectivity index (χ3v) is 3.18. The minimum Gasteiger partial charge on any atom is -0.484 e. The lowest BCUT2D eigenvalue weighted by molar-refractivity contribution is -0.140. The lowest BCUT2D eigenvalue weighted by Crippen LogP contribution is -2.49. The van der Waals surface area contributed by atoms with E-state index < -0.39 is 0 Å². The SMILES string of the molecule is NC[C@@H]1CN(C(=O)COc2ccc(Cl)cc2)CCO1. The number of morpholine rings is 1. The van der Waals surface area contributed by atoms with Gasteiger partial charge < -0.3 is 20.1 Å². The van der Waals surface area contributed by atoms with E-state index in [9.17, 15) is 4.79 Å². The van der Waals surface area contributed by atoms with Crippen LogP contribution in [0, 0.1) is 0 Å². The first-order valence-corrected chi connectivity index (χ1v) is 6.54. The van der Waals surface area contributed by atoms with Crippen LogP contribution in [0.1, 0.15) is 0 Å². The first kappa shape index (κ1) is 14.1. The van der Waals surface area contributed by atoms with Crippen molar-refractivity contribution in [1.29, 1.82) is 0 Å². The largest absolute Gasteiger partial charge is 0.484 e. The van der Waals surface area contributed by atoms with Crippen molar-refractivity contribution in [3.63, 3.8) is 0 Å². The fraction of sp³-hybridized carbons (Fsp3) is 0.462. The van der Waals surface area contributed by atoms with Gasteiger partial charge in [0, 0.05) is 24.7 Å². The van der Waals surface area contributed by atoms with Crippen LogP contribution < -0.4 is 10.5 Å². The number of ether oxygens (including phenoxy) is 2. The summed E-state index contributed by atoms with van der Waals surface area (Å²) in [6.07, 6.45) is -0.0757. The van der Waals surface area contributed by atoms with E-state index in [2.05, 4.69) is 0 Å². The number of benzene rings is 1. The quantitative estimate of drug-likeness (QED) is 0.892. The second-order valence-corrected chi connectivity index (χ2v) is 4.75. The Morgan fingerprint density at radius 3 is 2.89 bits per heavy atom. The number of nitrogens with two attached hydrogens (primary N) is 1. The summed E-state index contributed by atoms with van der Waals surface area (Å²) < 4.78 is 10.8. The first-order chi connectivity index (χ1) is 9.19. The second-order valence-electron chi connectivity index (χ2n) is 4.31. The van der Waals surface area contributed by atoms with Gasteiger partial charge in [0.1, 0.15) is 5.75 Å². The normalized spacial score (nSPS) is 19.3. The number of halogens is 1. The van der Waals surface area contributed by atoms with Crippen LogP contribution in [0.4, 0.5) is 0 Å². The Labute approximate surface area is 117 Å². The van der Waals surface area contributed by atoms with E-state index in [1.807, 2.05) is 0 Å². The number of hydrogen-bond acceptors (Lipinski definition) is 4. The van der Waals surface area contributed by atoms with Crippen LogP contribution in [-0.4, -0.2) is 49.8 Å². The van der Waals surface area contributed by atoms with Gasteiger partial charge in [-0.1, -0.05) is 11.6 Å². The molecule has 2 rings (SSSR count). The van der Waals surface area contributed by atoms with Gasteiger partial charge in [0.15, 0.2) is 6.61 Å². The van der Waals surface area contributed by atoms with Gasteiger partial charge in [-0.3, -0.25) is 4.79 Å². The average molecular weight is 285 g/mol. The summed E-state index contributed by atoms with van der Waals surface area (Å²) in [4.78, 5) is 13.7. The Kier molecular flexibility index (Phi) is 5.01. The van der Waals surface area contributed by atoms with E-state index in [-0.39, 0.29) is 18.6 Å². The predicted octanol–water partition coefficient (Wildman–Crippen LogP) is 0.905. The molecule has 6 heteroatoms. The topological polar surface area (TPSA) is 64.8 Å². The zero-order chi connectivity index (χ0) is 13.7. The highest BCUT2D eigenvalue weighted by atomic mass is 35.5. The van der Waals surface area contributed by atoms with Crippen molar-refractivity contribution in [2.45, 2.75) is 6.10 Å². The second kappa shape index (κ2) is 6.75. The average Bonchev–Trinajstić information content (AvgIpc) is 2.46. The third-order valence-electron chi connectivity index (χ3n) is 2.93. The molecule has 1 saturated heterocycles. The Balaban J connectivity index is 1.82. The smallest absolute Gasteiger partial charge is 0.260 e. The monoisotopic (exact) mass is 284 g/mol. The minimum absolute atomic E-state index is 0.0128. The molecule has 19 heavy (non-hydrogen) atoms. The summed E-state index contributed by atoms with van der Waals surface area (Å²) in [5, 5.41) is 0.637. The fourth-order valence-corrected chi connectivity index (χ4v) is 1.98. The van der Waals surface area contributed by atoms with Gasteiger partial charge in [-0.25, -0.2) is 0 Å². The molecule has 1 aromatic carbocycles. The Morgan fingerprint density at radius 2 is 2.21 bits per heavy atom. The van der Waals surface area contributed by atoms with E-state index >= 15 is 0 Å². The molecule has 5 nitrogen and oxygen atoms in total. The lowest BCUT2D eigenvalue weighted by Gasteiger charge is -2.32. The van der Waals surface area contributed by atoms with Crippen LogP contribution in [-0.2, 0) is 9.53 Å². The molecular formula is C13H17ClN2O3. The molecule has 0 radical (unpaired) electrons. The molecular weight excluding hydrogens is 268 g/mol. The summed E-state index contributed by atoms with van der Waals surface area (Å²) in [5.41, 5.74) is 5.54. The zero-order valence-electron chi connectivity index (χ0n) is 10.5. The van der Waals surface area contributed by atoms with Crippen LogP contribution in [0.15, 0.2) is 24.3 Å². The molecule has 0 spiro atoms. The maximum Gasteiger partial charge on any atom is 0.260 e. The van der Waals surface area contributed by atoms with Crippen LogP contribution in [0.3, 0.4) is 0 Å². The van der Waals surface area contributed by atoms with Gasteiger partial charge in [-0.05, 0) is 24.3 Å². The molecule has 2 N–H and O–H groups in total. The van der Waals surface area contributed by atoms with Crippen molar-refractivity contribution in [3.05, 3.63) is 29.3 Å². The van der Waals surface area contributed by atoms with Crippen molar-refractivity contribution >= 4 is 17.5 Å². The van der Waals surface area contributed by atoms with Crippen molar-refractivity contribution in [1.82, 2.24) is 4.90 Å². The molecule has 1 aliphatic heterocycles. The van der Waals surface area contributed by atoms with Crippen LogP contribution >= 0.6 is 11.6 Å². The predicted molar refractivity (Wildman–Crippen MR) is 72.3 cm³/mol. The Morgan fingerprint density at radius 1 is 1.47 bits per heavy atom. The summed E-state index contributed by atoms with van der Waals surface area (Å²) in [7, 11) is 0. The van der Waals surface area contributed by atoms with E-state index in [4.69, 9.17) is 26.8 Å².